The van der Waals surface area contributed by atoms with Gasteiger partial charge >= 0.3 is 5.97 Å². The monoisotopic (exact) mass is 397 g/mol. The number of carbonyl (C=O) groups is 1. The number of carbonyl (C=O) groups excluding carboxylic acids is 1. The minimum Gasteiger partial charge on any atom is -0.465 e. The molecule has 0 saturated heterocycles. The lowest BCUT2D eigenvalue weighted by Gasteiger charge is -2.11. The van der Waals surface area contributed by atoms with Crippen LogP contribution in [0.3, 0.4) is 0 Å². The number of benzene rings is 2. The van der Waals surface area contributed by atoms with Crippen LogP contribution in [0.4, 0.5) is 17.2 Å². The van der Waals surface area contributed by atoms with Gasteiger partial charge in [-0.05, 0) is 48.9 Å². The Kier molecular flexibility index (Phi) is 5.60. The lowest BCUT2D eigenvalue weighted by molar-refractivity contribution is 0.0602. The number of nitrogens with zero attached hydrogens (tertiary/aromatic N) is 1. The van der Waals surface area contributed by atoms with Crippen LogP contribution in [0.15, 0.2) is 71.8 Å². The molecule has 3 rings (SSSR count). The zero-order valence-corrected chi connectivity index (χ0v) is 16.2. The Morgan fingerprint density at radius 2 is 1.82 bits per heavy atom. The molecular weight excluding hydrogens is 378 g/mol. The molecule has 8 heteroatoms. The molecule has 0 bridgehead atoms. The molecule has 0 spiro atoms. The van der Waals surface area contributed by atoms with E-state index in [2.05, 4.69) is 15.0 Å². The highest BCUT2D eigenvalue weighted by atomic mass is 32.2. The van der Waals surface area contributed by atoms with Crippen molar-refractivity contribution < 1.29 is 17.9 Å². The molecule has 2 N–H and O–H groups in total. The first-order valence-electron chi connectivity index (χ1n) is 8.39. The van der Waals surface area contributed by atoms with Crippen molar-refractivity contribution in [3.63, 3.8) is 0 Å². The molecule has 0 aliphatic heterocycles. The molecule has 28 heavy (non-hydrogen) atoms. The second kappa shape index (κ2) is 8.10. The minimum absolute atomic E-state index is 0.182. The molecule has 7 nitrogen and oxygen atoms in total. The van der Waals surface area contributed by atoms with Gasteiger partial charge in [-0.2, -0.15) is 0 Å². The van der Waals surface area contributed by atoms with E-state index in [9.17, 15) is 13.2 Å². The van der Waals surface area contributed by atoms with E-state index in [0.29, 0.717) is 22.8 Å². The maximum Gasteiger partial charge on any atom is 0.339 e. The summed E-state index contributed by atoms with van der Waals surface area (Å²) in [5.74, 6) is -0.0134. The molecule has 0 fully saturated rings. The number of anilines is 3. The Morgan fingerprint density at radius 3 is 2.50 bits per heavy atom. The van der Waals surface area contributed by atoms with Crippen molar-refractivity contribution >= 4 is 33.2 Å². The van der Waals surface area contributed by atoms with Gasteiger partial charge in [-0.25, -0.2) is 18.2 Å². The van der Waals surface area contributed by atoms with E-state index in [1.54, 1.807) is 48.5 Å². The third-order valence-corrected chi connectivity index (χ3v) is 5.29. The third kappa shape index (κ3) is 4.47. The highest BCUT2D eigenvalue weighted by Crippen LogP contribution is 2.22. The Hall–Kier alpha value is -3.39. The van der Waals surface area contributed by atoms with E-state index in [1.165, 1.54) is 19.4 Å². The van der Waals surface area contributed by atoms with Crippen LogP contribution in [-0.4, -0.2) is 26.5 Å². The summed E-state index contributed by atoms with van der Waals surface area (Å²) >= 11 is 0. The number of sulfonamides is 1. The number of methoxy groups -OCH3 is 1. The van der Waals surface area contributed by atoms with Gasteiger partial charge in [0.2, 0.25) is 0 Å². The van der Waals surface area contributed by atoms with Crippen molar-refractivity contribution in [2.24, 2.45) is 0 Å². The molecule has 2 aromatic carbocycles. The second-order valence-electron chi connectivity index (χ2n) is 6.02. The Labute approximate surface area is 163 Å². The van der Waals surface area contributed by atoms with Gasteiger partial charge in [0, 0.05) is 0 Å². The van der Waals surface area contributed by atoms with Crippen molar-refractivity contribution in [2.75, 3.05) is 17.1 Å². The van der Waals surface area contributed by atoms with Gasteiger partial charge in [0.15, 0.2) is 0 Å². The number of esters is 1. The van der Waals surface area contributed by atoms with Gasteiger partial charge in [0.25, 0.3) is 10.0 Å². The minimum atomic E-state index is -3.70. The third-order valence-electron chi connectivity index (χ3n) is 3.91. The van der Waals surface area contributed by atoms with Gasteiger partial charge in [-0.3, -0.25) is 4.72 Å². The first kappa shape index (κ1) is 19.4. The van der Waals surface area contributed by atoms with Crippen LogP contribution in [0.1, 0.15) is 15.9 Å². The number of hydrogen-bond acceptors (Lipinski definition) is 6. The highest BCUT2D eigenvalue weighted by molar-refractivity contribution is 7.92. The van der Waals surface area contributed by atoms with Gasteiger partial charge in [0.05, 0.1) is 35.1 Å². The first-order valence-corrected chi connectivity index (χ1v) is 9.87. The van der Waals surface area contributed by atoms with Crippen LogP contribution in [0.2, 0.25) is 0 Å². The van der Waals surface area contributed by atoms with Crippen molar-refractivity contribution in [3.8, 4) is 0 Å². The largest absolute Gasteiger partial charge is 0.465 e. The molecule has 0 amide bonds. The number of ether oxygens (including phenoxy) is 1. The average Bonchev–Trinajstić information content (AvgIpc) is 2.69. The van der Waals surface area contributed by atoms with E-state index < -0.39 is 16.0 Å². The Morgan fingerprint density at radius 1 is 1.04 bits per heavy atom. The molecule has 1 heterocycles. The highest BCUT2D eigenvalue weighted by Gasteiger charge is 2.15. The smallest absolute Gasteiger partial charge is 0.339 e. The molecule has 0 radical (unpaired) electrons. The van der Waals surface area contributed by atoms with Crippen LogP contribution < -0.4 is 10.0 Å². The van der Waals surface area contributed by atoms with Crippen molar-refractivity contribution in [1.29, 1.82) is 0 Å². The summed E-state index contributed by atoms with van der Waals surface area (Å²) in [6, 6.07) is 16.7. The standard InChI is InChI=1S/C20H19N3O4S/c1-14-6-5-7-16(12-14)28(25,26)23-15-10-11-19(21-13-15)22-18-9-4-3-8-17(18)20(24)27-2/h3-13,23H,1-2H3,(H,21,22). The molecule has 0 aliphatic carbocycles. The number of aromatic nitrogens is 1. The average molecular weight is 397 g/mol. The zero-order chi connectivity index (χ0) is 20.1. The van der Waals surface area contributed by atoms with Gasteiger partial charge in [-0.1, -0.05) is 24.3 Å². The van der Waals surface area contributed by atoms with Crippen LogP contribution in [0.5, 0.6) is 0 Å². The maximum atomic E-state index is 12.5. The van der Waals surface area contributed by atoms with Gasteiger partial charge in [0.1, 0.15) is 5.82 Å². The van der Waals surface area contributed by atoms with Crippen LogP contribution in [0.25, 0.3) is 0 Å². The molecule has 0 atom stereocenters. The predicted octanol–water partition coefficient (Wildman–Crippen LogP) is 3.72. The lowest BCUT2D eigenvalue weighted by Crippen LogP contribution is -2.13. The molecule has 0 saturated carbocycles. The van der Waals surface area contributed by atoms with Crippen LogP contribution in [-0.2, 0) is 14.8 Å². The summed E-state index contributed by atoms with van der Waals surface area (Å²) in [7, 11) is -2.39. The number of para-hydroxylation sites is 1. The van der Waals surface area contributed by atoms with Crippen LogP contribution >= 0.6 is 0 Å². The molecule has 1 aromatic heterocycles. The topological polar surface area (TPSA) is 97.4 Å². The number of pyridine rings is 1. The second-order valence-corrected chi connectivity index (χ2v) is 7.70. The number of hydrogen-bond donors (Lipinski definition) is 2. The van der Waals surface area contributed by atoms with Crippen LogP contribution in [0, 0.1) is 6.92 Å². The van der Waals surface area contributed by atoms with Gasteiger partial charge < -0.3 is 10.1 Å². The molecule has 0 unspecified atom stereocenters. The Bertz CT molecular complexity index is 1100. The zero-order valence-electron chi connectivity index (χ0n) is 15.3. The lowest BCUT2D eigenvalue weighted by atomic mass is 10.2. The predicted molar refractivity (Wildman–Crippen MR) is 107 cm³/mol. The van der Waals surface area contributed by atoms with Crippen molar-refractivity contribution in [1.82, 2.24) is 4.98 Å². The fourth-order valence-electron chi connectivity index (χ4n) is 2.54. The van der Waals surface area contributed by atoms with Crippen molar-refractivity contribution in [2.45, 2.75) is 11.8 Å². The quantitative estimate of drug-likeness (QED) is 0.615. The van der Waals surface area contributed by atoms with E-state index in [1.807, 2.05) is 13.0 Å². The van der Waals surface area contributed by atoms with E-state index >= 15 is 0 Å². The summed E-state index contributed by atoms with van der Waals surface area (Å²) in [4.78, 5) is 16.2. The van der Waals surface area contributed by atoms with Crippen molar-refractivity contribution in [3.05, 3.63) is 78.0 Å². The Balaban J connectivity index is 1.77. The maximum absolute atomic E-state index is 12.5. The fraction of sp³-hybridized carbons (Fsp3) is 0.100. The van der Waals surface area contributed by atoms with E-state index in [0.717, 1.165) is 5.56 Å². The number of aryl methyl sites for hydroxylation is 1. The molecule has 3 aromatic rings. The molecular formula is C20H19N3O4S. The SMILES string of the molecule is COC(=O)c1ccccc1Nc1ccc(NS(=O)(=O)c2cccc(C)c2)cn1. The van der Waals surface area contributed by atoms with Gasteiger partial charge in [-0.15, -0.1) is 0 Å². The molecule has 0 aliphatic rings. The summed E-state index contributed by atoms with van der Waals surface area (Å²) in [5.41, 5.74) is 2.09. The fourth-order valence-corrected chi connectivity index (χ4v) is 3.69. The summed E-state index contributed by atoms with van der Waals surface area (Å²) < 4.78 is 32.2. The molecule has 144 valence electrons. The summed E-state index contributed by atoms with van der Waals surface area (Å²) in [5, 5.41) is 3.03. The van der Waals surface area contributed by atoms with E-state index in [4.69, 9.17) is 4.74 Å². The normalized spacial score (nSPS) is 10.9. The summed E-state index contributed by atoms with van der Waals surface area (Å²) in [6.07, 6.45) is 1.40. The number of nitrogens with one attached hydrogen (secondary N) is 2. The van der Waals surface area contributed by atoms with E-state index in [-0.39, 0.29) is 4.90 Å². The summed E-state index contributed by atoms with van der Waals surface area (Å²) in [6.45, 7) is 1.83. The number of rotatable bonds is 6. The first-order chi connectivity index (χ1) is 13.4.